The zero-order valence-corrected chi connectivity index (χ0v) is 13.4. The second kappa shape index (κ2) is 8.23. The molecule has 22 heavy (non-hydrogen) atoms. The molecule has 0 saturated heterocycles. The zero-order valence-electron chi connectivity index (χ0n) is 13.4. The number of para-hydroxylation sites is 1. The van der Waals surface area contributed by atoms with Crippen molar-refractivity contribution in [3.63, 3.8) is 0 Å². The number of amides is 2. The predicted octanol–water partition coefficient (Wildman–Crippen LogP) is 4.18. The van der Waals surface area contributed by atoms with Crippen LogP contribution in [-0.4, -0.2) is 12.6 Å². The molecule has 2 N–H and O–H groups in total. The summed E-state index contributed by atoms with van der Waals surface area (Å²) in [6.45, 7) is 4.84. The van der Waals surface area contributed by atoms with Crippen LogP contribution in [0.25, 0.3) is 0 Å². The van der Waals surface area contributed by atoms with Crippen LogP contribution in [0.3, 0.4) is 0 Å². The van der Waals surface area contributed by atoms with Crippen LogP contribution < -0.4 is 10.6 Å². The van der Waals surface area contributed by atoms with E-state index in [0.29, 0.717) is 6.54 Å². The van der Waals surface area contributed by atoms with Gasteiger partial charge in [0.05, 0.1) is 0 Å². The lowest BCUT2D eigenvalue weighted by atomic mass is 10.0. The maximum absolute atomic E-state index is 12.1. The molecule has 0 aliphatic heterocycles. The van der Waals surface area contributed by atoms with Gasteiger partial charge in [0.15, 0.2) is 0 Å². The molecular formula is C19H24N2O. The molecule has 2 aromatic rings. The number of benzene rings is 2. The van der Waals surface area contributed by atoms with Crippen molar-refractivity contribution in [3.05, 3.63) is 65.2 Å². The van der Waals surface area contributed by atoms with E-state index >= 15 is 0 Å². The fourth-order valence-electron chi connectivity index (χ4n) is 2.53. The fraction of sp³-hybridized carbons (Fsp3) is 0.316. The summed E-state index contributed by atoms with van der Waals surface area (Å²) in [5, 5.41) is 5.95. The molecule has 2 amide bonds. The van der Waals surface area contributed by atoms with Crippen LogP contribution in [0.5, 0.6) is 0 Å². The molecule has 3 nitrogen and oxygen atoms in total. The average Bonchev–Trinajstić information content (AvgIpc) is 2.56. The third-order valence-electron chi connectivity index (χ3n) is 3.78. The Kier molecular flexibility index (Phi) is 6.01. The first-order chi connectivity index (χ1) is 10.7. The first-order valence-corrected chi connectivity index (χ1v) is 7.94. The summed E-state index contributed by atoms with van der Waals surface area (Å²) < 4.78 is 0. The quantitative estimate of drug-likeness (QED) is 0.825. The fourth-order valence-corrected chi connectivity index (χ4v) is 2.53. The maximum Gasteiger partial charge on any atom is 0.319 e. The summed E-state index contributed by atoms with van der Waals surface area (Å²) in [5.41, 5.74) is 4.55. The molecule has 0 aliphatic rings. The van der Waals surface area contributed by atoms with Crippen molar-refractivity contribution in [2.75, 3.05) is 11.9 Å². The second-order valence-corrected chi connectivity index (χ2v) is 5.27. The normalized spacial score (nSPS) is 10.3. The number of hydrogen-bond donors (Lipinski definition) is 2. The van der Waals surface area contributed by atoms with Crippen molar-refractivity contribution in [1.29, 1.82) is 0 Å². The number of urea groups is 1. The lowest BCUT2D eigenvalue weighted by Crippen LogP contribution is -2.31. The van der Waals surface area contributed by atoms with E-state index in [2.05, 4.69) is 54.8 Å². The Morgan fingerprint density at radius 3 is 2.14 bits per heavy atom. The van der Waals surface area contributed by atoms with Gasteiger partial charge in [-0.25, -0.2) is 4.79 Å². The number of nitrogens with one attached hydrogen (secondary N) is 2. The Bertz CT molecular complexity index is 586. The first-order valence-electron chi connectivity index (χ1n) is 7.94. The van der Waals surface area contributed by atoms with Gasteiger partial charge in [-0.1, -0.05) is 62.4 Å². The van der Waals surface area contributed by atoms with Gasteiger partial charge >= 0.3 is 6.03 Å². The molecular weight excluding hydrogens is 272 g/mol. The molecule has 3 heteroatoms. The summed E-state index contributed by atoms with van der Waals surface area (Å²) in [7, 11) is 0. The number of anilines is 1. The number of carbonyl (C=O) groups excluding carboxylic acids is 1. The van der Waals surface area contributed by atoms with E-state index in [0.717, 1.165) is 24.9 Å². The van der Waals surface area contributed by atoms with Gasteiger partial charge < -0.3 is 10.6 Å². The molecule has 0 atom stereocenters. The highest BCUT2D eigenvalue weighted by atomic mass is 16.2. The third-order valence-corrected chi connectivity index (χ3v) is 3.78. The summed E-state index contributed by atoms with van der Waals surface area (Å²) in [6.07, 6.45) is 2.66. The van der Waals surface area contributed by atoms with Gasteiger partial charge in [0.1, 0.15) is 0 Å². The topological polar surface area (TPSA) is 41.1 Å². The van der Waals surface area contributed by atoms with Crippen molar-refractivity contribution in [2.24, 2.45) is 0 Å². The van der Waals surface area contributed by atoms with Crippen LogP contribution in [0.4, 0.5) is 10.5 Å². The summed E-state index contributed by atoms with van der Waals surface area (Å²) >= 11 is 0. The van der Waals surface area contributed by atoms with E-state index in [1.165, 1.54) is 16.7 Å². The monoisotopic (exact) mass is 296 g/mol. The molecule has 2 rings (SSSR count). The molecule has 0 aliphatic carbocycles. The van der Waals surface area contributed by atoms with Crippen molar-refractivity contribution in [1.82, 2.24) is 5.32 Å². The Hall–Kier alpha value is -2.29. The molecule has 0 spiro atoms. The highest BCUT2D eigenvalue weighted by molar-refractivity contribution is 5.91. The van der Waals surface area contributed by atoms with Gasteiger partial charge in [0.2, 0.25) is 0 Å². The minimum absolute atomic E-state index is 0.133. The van der Waals surface area contributed by atoms with Crippen LogP contribution in [0, 0.1) is 0 Å². The van der Waals surface area contributed by atoms with Crippen molar-refractivity contribution >= 4 is 11.7 Å². The predicted molar refractivity (Wildman–Crippen MR) is 92.4 cm³/mol. The van der Waals surface area contributed by atoms with E-state index in [-0.39, 0.29) is 6.03 Å². The van der Waals surface area contributed by atoms with Gasteiger partial charge in [-0.05, 0) is 36.0 Å². The third kappa shape index (κ3) is 4.35. The van der Waals surface area contributed by atoms with Crippen LogP contribution in [0.15, 0.2) is 48.5 Å². The largest absolute Gasteiger partial charge is 0.338 e. The van der Waals surface area contributed by atoms with E-state index in [1.54, 1.807) is 0 Å². The molecule has 0 bridgehead atoms. The minimum atomic E-state index is -0.133. The van der Waals surface area contributed by atoms with Crippen LogP contribution in [0.2, 0.25) is 0 Å². The van der Waals surface area contributed by atoms with E-state index < -0.39 is 0 Å². The van der Waals surface area contributed by atoms with Gasteiger partial charge in [-0.2, -0.15) is 0 Å². The molecule has 0 radical (unpaired) electrons. The van der Waals surface area contributed by atoms with Crippen LogP contribution in [-0.2, 0) is 19.3 Å². The standard InChI is InChI=1S/C19H24N2O/c1-3-16-11-8-12-17(4-2)18(16)21-19(22)20-14-13-15-9-6-5-7-10-15/h5-12H,3-4,13-14H2,1-2H3,(H2,20,21,22). The Balaban J connectivity index is 1.92. The molecule has 116 valence electrons. The molecule has 0 unspecified atom stereocenters. The number of aryl methyl sites for hydroxylation is 2. The smallest absolute Gasteiger partial charge is 0.319 e. The molecule has 0 aromatic heterocycles. The van der Waals surface area contributed by atoms with Gasteiger partial charge in [-0.3, -0.25) is 0 Å². The highest BCUT2D eigenvalue weighted by Gasteiger charge is 2.09. The summed E-state index contributed by atoms with van der Waals surface area (Å²) in [4.78, 5) is 12.1. The maximum atomic E-state index is 12.1. The van der Waals surface area contributed by atoms with E-state index in [9.17, 15) is 4.79 Å². The lowest BCUT2D eigenvalue weighted by molar-refractivity contribution is 0.252. The average molecular weight is 296 g/mol. The number of carbonyl (C=O) groups is 1. The van der Waals surface area contributed by atoms with Crippen molar-refractivity contribution in [3.8, 4) is 0 Å². The van der Waals surface area contributed by atoms with Crippen molar-refractivity contribution in [2.45, 2.75) is 33.1 Å². The first kappa shape index (κ1) is 16.1. The van der Waals surface area contributed by atoms with E-state index in [1.807, 2.05) is 18.2 Å². The summed E-state index contributed by atoms with van der Waals surface area (Å²) in [6, 6.07) is 16.2. The Morgan fingerprint density at radius 1 is 0.909 bits per heavy atom. The SMILES string of the molecule is CCc1cccc(CC)c1NC(=O)NCCc1ccccc1. The number of rotatable bonds is 6. The van der Waals surface area contributed by atoms with Gasteiger partial charge in [0.25, 0.3) is 0 Å². The Morgan fingerprint density at radius 2 is 1.55 bits per heavy atom. The van der Waals surface area contributed by atoms with Crippen LogP contribution >= 0.6 is 0 Å². The highest BCUT2D eigenvalue weighted by Crippen LogP contribution is 2.22. The lowest BCUT2D eigenvalue weighted by Gasteiger charge is -2.15. The molecule has 2 aromatic carbocycles. The van der Waals surface area contributed by atoms with Gasteiger partial charge in [-0.15, -0.1) is 0 Å². The van der Waals surface area contributed by atoms with Crippen LogP contribution in [0.1, 0.15) is 30.5 Å². The zero-order chi connectivity index (χ0) is 15.8. The number of hydrogen-bond acceptors (Lipinski definition) is 1. The summed E-state index contributed by atoms with van der Waals surface area (Å²) in [5.74, 6) is 0. The molecule has 0 heterocycles. The Labute approximate surface area is 132 Å². The second-order valence-electron chi connectivity index (χ2n) is 5.27. The molecule has 0 fully saturated rings. The van der Waals surface area contributed by atoms with Crippen molar-refractivity contribution < 1.29 is 4.79 Å². The molecule has 0 saturated carbocycles. The van der Waals surface area contributed by atoms with E-state index in [4.69, 9.17) is 0 Å². The minimum Gasteiger partial charge on any atom is -0.338 e. The van der Waals surface area contributed by atoms with Gasteiger partial charge in [0, 0.05) is 12.2 Å².